The smallest absolute Gasteiger partial charge is 0.243 e. The number of nitrogens with zero attached hydrogens (tertiary/aromatic N) is 4. The molecule has 3 N–H and O–H groups in total. The highest BCUT2D eigenvalue weighted by Gasteiger charge is 2.39. The van der Waals surface area contributed by atoms with E-state index in [1.807, 2.05) is 0 Å². The van der Waals surface area contributed by atoms with Gasteiger partial charge in [0, 0.05) is 6.04 Å². The Morgan fingerprint density at radius 1 is 0.394 bits per heavy atom. The van der Waals surface area contributed by atoms with Crippen molar-refractivity contribution in [2.24, 2.45) is 5.73 Å². The minimum absolute atomic E-state index is 0.275. The van der Waals surface area contributed by atoms with Crippen molar-refractivity contribution in [3.05, 3.63) is 177 Å². The van der Waals surface area contributed by atoms with Crippen molar-refractivity contribution in [2.75, 3.05) is 32.7 Å². The van der Waals surface area contributed by atoms with Gasteiger partial charge in [0.05, 0.1) is 48.4 Å². The highest BCUT2D eigenvalue weighted by Crippen LogP contribution is 2.34. The van der Waals surface area contributed by atoms with Crippen molar-refractivity contribution in [3.63, 3.8) is 0 Å². The van der Waals surface area contributed by atoms with Crippen LogP contribution in [0.4, 0.5) is 43.9 Å². The number of nitrogens with one attached hydrogen (secondary N) is 1. The van der Waals surface area contributed by atoms with Gasteiger partial charge in [-0.3, -0.25) is 24.0 Å². The maximum Gasteiger partial charge on any atom is 0.243 e. The first kappa shape index (κ1) is 54.6. The molecule has 5 aromatic carbocycles. The number of halogens is 10. The maximum absolute atomic E-state index is 15.6. The lowest BCUT2D eigenvalue weighted by Crippen LogP contribution is -2.52. The summed E-state index contributed by atoms with van der Waals surface area (Å²) >= 11 is 0. The van der Waals surface area contributed by atoms with Crippen LogP contribution in [0.3, 0.4) is 0 Å². The fourth-order valence-corrected chi connectivity index (χ4v) is 7.96. The lowest BCUT2D eigenvalue weighted by molar-refractivity contribution is -0.150. The van der Waals surface area contributed by atoms with Crippen molar-refractivity contribution >= 4 is 29.5 Å². The molecule has 5 amide bonds. The summed E-state index contributed by atoms with van der Waals surface area (Å²) < 4.78 is 149. The van der Waals surface area contributed by atoms with E-state index in [4.69, 9.17) is 5.73 Å². The van der Waals surface area contributed by atoms with Gasteiger partial charge in [0.25, 0.3) is 0 Å². The van der Waals surface area contributed by atoms with Crippen molar-refractivity contribution in [3.8, 4) is 0 Å². The predicted octanol–water partition coefficient (Wildman–Crippen LogP) is 8.57. The third-order valence-electron chi connectivity index (χ3n) is 12.1. The summed E-state index contributed by atoms with van der Waals surface area (Å²) in [6, 6.07) is 16.9. The summed E-state index contributed by atoms with van der Waals surface area (Å²) in [4.78, 5) is 72.9. The van der Waals surface area contributed by atoms with Crippen LogP contribution in [-0.2, 0) is 24.0 Å². The monoisotopic (exact) mass is 1000 g/mol. The molecular formula is C50H48F10N6O5. The van der Waals surface area contributed by atoms with E-state index >= 15 is 17.6 Å². The van der Waals surface area contributed by atoms with Crippen LogP contribution in [0.5, 0.6) is 0 Å². The Balaban J connectivity index is 1.62. The van der Waals surface area contributed by atoms with Crippen LogP contribution >= 0.6 is 0 Å². The Labute approximate surface area is 401 Å². The number of rotatable bonds is 20. The lowest BCUT2D eigenvalue weighted by Gasteiger charge is -2.37. The van der Waals surface area contributed by atoms with Crippen LogP contribution < -0.4 is 11.1 Å². The van der Waals surface area contributed by atoms with Gasteiger partial charge in [-0.05, 0) is 51.3 Å². The molecule has 0 aliphatic rings. The van der Waals surface area contributed by atoms with E-state index in [0.717, 1.165) is 23.6 Å². The second-order valence-electron chi connectivity index (χ2n) is 16.6. The molecule has 0 fully saturated rings. The molecule has 378 valence electrons. The second kappa shape index (κ2) is 23.5. The standard InChI is InChI=1S/C50H48F10N6O5/c1-26(31-15-9-6-10-16-31)62-21-35(68)65(29(4)39-41(51)45(55)49(59)46(56)42(39)52)24-37(70)64(28(3)33-19-13-8-14-20-33)23-38(71)66(30(5)40-43(53)47(57)50(60)48(58)44(40)54)25-36(69)63(22-34(61)67)27(2)32-17-11-7-12-18-32/h6-20,26-30,62H,21-25H2,1-5H3,(H2,61,67)/t26-,27-,28-,29-,30-/m0/s1. The number of hydrogen-bond acceptors (Lipinski definition) is 6. The maximum atomic E-state index is 15.6. The van der Waals surface area contributed by atoms with Gasteiger partial charge in [0.1, 0.15) is 19.6 Å². The molecule has 5 rings (SSSR count). The number of carbonyl (C=O) groups excluding carboxylic acids is 5. The van der Waals surface area contributed by atoms with Crippen LogP contribution in [-0.4, -0.2) is 81.9 Å². The molecule has 71 heavy (non-hydrogen) atoms. The molecular weight excluding hydrogens is 955 g/mol. The molecule has 0 bridgehead atoms. The summed E-state index contributed by atoms with van der Waals surface area (Å²) in [5.74, 6) is -29.9. The van der Waals surface area contributed by atoms with Crippen LogP contribution in [0.25, 0.3) is 0 Å². The van der Waals surface area contributed by atoms with Crippen LogP contribution in [0.1, 0.15) is 92.6 Å². The van der Waals surface area contributed by atoms with Gasteiger partial charge in [-0.2, -0.15) is 0 Å². The van der Waals surface area contributed by atoms with Gasteiger partial charge in [-0.25, -0.2) is 43.9 Å². The summed E-state index contributed by atoms with van der Waals surface area (Å²) in [7, 11) is 0. The van der Waals surface area contributed by atoms with Gasteiger partial charge in [-0.15, -0.1) is 0 Å². The van der Waals surface area contributed by atoms with Crippen molar-refractivity contribution in [1.82, 2.24) is 24.9 Å². The molecule has 0 spiro atoms. The van der Waals surface area contributed by atoms with Crippen LogP contribution in [0, 0.1) is 58.2 Å². The second-order valence-corrected chi connectivity index (χ2v) is 16.6. The van der Waals surface area contributed by atoms with Gasteiger partial charge >= 0.3 is 0 Å². The average Bonchev–Trinajstić information content (AvgIpc) is 3.37. The fourth-order valence-electron chi connectivity index (χ4n) is 7.96. The molecule has 0 radical (unpaired) electrons. The van der Waals surface area contributed by atoms with Crippen LogP contribution in [0.15, 0.2) is 91.0 Å². The molecule has 0 aromatic heterocycles. The SMILES string of the molecule is C[C@H](NCC(=O)N(CC(=O)N(CC(=O)N(CC(=O)N(CC(N)=O)[C@@H](C)c1ccccc1)[C@@H](C)c1c(F)c(F)c(F)c(F)c1F)[C@@H](C)c1ccccc1)[C@@H](C)c1c(F)c(F)c(F)c(F)c1F)c1ccccc1. The molecule has 11 nitrogen and oxygen atoms in total. The van der Waals surface area contributed by atoms with E-state index in [0.29, 0.717) is 20.9 Å². The Morgan fingerprint density at radius 2 is 0.662 bits per heavy atom. The molecule has 0 unspecified atom stereocenters. The fraction of sp³-hybridized carbons (Fsp3) is 0.300. The molecule has 0 saturated carbocycles. The molecule has 0 heterocycles. The molecule has 0 aliphatic carbocycles. The van der Waals surface area contributed by atoms with E-state index in [1.54, 1.807) is 73.7 Å². The zero-order valence-electron chi connectivity index (χ0n) is 38.8. The van der Waals surface area contributed by atoms with Gasteiger partial charge < -0.3 is 30.7 Å². The first-order chi connectivity index (χ1) is 33.5. The van der Waals surface area contributed by atoms with E-state index in [-0.39, 0.29) is 5.56 Å². The van der Waals surface area contributed by atoms with Crippen molar-refractivity contribution < 1.29 is 67.9 Å². The Bertz CT molecular complexity index is 2700. The van der Waals surface area contributed by atoms with Crippen molar-refractivity contribution in [1.29, 1.82) is 0 Å². The Kier molecular flexibility index (Phi) is 18.1. The third-order valence-corrected chi connectivity index (χ3v) is 12.1. The zero-order valence-corrected chi connectivity index (χ0v) is 38.8. The van der Waals surface area contributed by atoms with E-state index in [2.05, 4.69) is 5.32 Å². The number of primary amides is 1. The minimum Gasteiger partial charge on any atom is -0.368 e. The largest absolute Gasteiger partial charge is 0.368 e. The highest BCUT2D eigenvalue weighted by atomic mass is 19.2. The van der Waals surface area contributed by atoms with E-state index < -0.39 is 162 Å². The summed E-state index contributed by atoms with van der Waals surface area (Å²) in [6.45, 7) is 0.949. The lowest BCUT2D eigenvalue weighted by atomic mass is 10.0. The average molecular weight is 1000 g/mol. The third kappa shape index (κ3) is 12.2. The predicted molar refractivity (Wildman–Crippen MR) is 238 cm³/mol. The topological polar surface area (TPSA) is 136 Å². The quantitative estimate of drug-likeness (QED) is 0.0456. The van der Waals surface area contributed by atoms with E-state index in [1.165, 1.54) is 38.1 Å². The molecule has 5 aromatic rings. The van der Waals surface area contributed by atoms with Crippen LogP contribution in [0.2, 0.25) is 0 Å². The summed E-state index contributed by atoms with van der Waals surface area (Å²) in [6.07, 6.45) is 0. The summed E-state index contributed by atoms with van der Waals surface area (Å²) in [5.41, 5.74) is 3.78. The summed E-state index contributed by atoms with van der Waals surface area (Å²) in [5, 5.41) is 2.88. The number of hydrogen-bond donors (Lipinski definition) is 2. The minimum atomic E-state index is -2.54. The molecule has 0 aliphatic heterocycles. The van der Waals surface area contributed by atoms with Gasteiger partial charge in [0.15, 0.2) is 46.5 Å². The Morgan fingerprint density at radius 3 is 0.986 bits per heavy atom. The highest BCUT2D eigenvalue weighted by molar-refractivity contribution is 5.92. The molecule has 5 atom stereocenters. The van der Waals surface area contributed by atoms with Gasteiger partial charge in [-0.1, -0.05) is 91.0 Å². The normalized spacial score (nSPS) is 13.4. The Hall–Kier alpha value is -7.29. The number of carbonyl (C=O) groups is 5. The first-order valence-corrected chi connectivity index (χ1v) is 21.9. The number of amides is 5. The number of benzene rings is 5. The van der Waals surface area contributed by atoms with E-state index in [9.17, 15) is 50.3 Å². The van der Waals surface area contributed by atoms with Crippen molar-refractivity contribution in [2.45, 2.75) is 64.8 Å². The molecule has 0 saturated heterocycles. The molecule has 21 heteroatoms. The van der Waals surface area contributed by atoms with Gasteiger partial charge in [0.2, 0.25) is 41.2 Å². The number of nitrogens with two attached hydrogens (primary N) is 1. The first-order valence-electron chi connectivity index (χ1n) is 21.9. The zero-order chi connectivity index (χ0) is 52.6.